The Morgan fingerprint density at radius 1 is 1.00 bits per heavy atom. The standard InChI is InChI=1S/C23H25ClF3NO/c1-17(15-24)22(9-6-14-29-16-19-7-4-3-5-8-19)28-18(2)20-10-12-21(13-11-20)23(25,26)27/h3-5,7-8,10-13H,6,9,14-16H2,1-2H3/b22-17+,28-18?. The number of hydrogen-bond acceptors (Lipinski definition) is 2. The van der Waals surface area contributed by atoms with E-state index in [1.165, 1.54) is 12.1 Å². The van der Waals surface area contributed by atoms with Gasteiger partial charge in [-0.25, -0.2) is 0 Å². The van der Waals surface area contributed by atoms with Gasteiger partial charge in [0.15, 0.2) is 0 Å². The summed E-state index contributed by atoms with van der Waals surface area (Å²) in [5, 5.41) is 0. The third-order valence-electron chi connectivity index (χ3n) is 4.44. The summed E-state index contributed by atoms with van der Waals surface area (Å²) in [5.41, 5.74) is 3.55. The number of hydrogen-bond donors (Lipinski definition) is 0. The first-order valence-electron chi connectivity index (χ1n) is 9.40. The molecule has 0 N–H and O–H groups in total. The Kier molecular flexibility index (Phi) is 8.93. The highest BCUT2D eigenvalue weighted by atomic mass is 35.5. The first-order chi connectivity index (χ1) is 13.8. The minimum absolute atomic E-state index is 0.351. The molecule has 0 fully saturated rings. The Balaban J connectivity index is 1.97. The van der Waals surface area contributed by atoms with E-state index >= 15 is 0 Å². The summed E-state index contributed by atoms with van der Waals surface area (Å²) in [5.74, 6) is 0.351. The lowest BCUT2D eigenvalue weighted by atomic mass is 10.1. The third kappa shape index (κ3) is 7.67. The van der Waals surface area contributed by atoms with Crippen molar-refractivity contribution in [2.24, 2.45) is 4.99 Å². The van der Waals surface area contributed by atoms with Gasteiger partial charge in [-0.1, -0.05) is 42.5 Å². The number of benzene rings is 2. The summed E-state index contributed by atoms with van der Waals surface area (Å²) < 4.78 is 43.9. The van der Waals surface area contributed by atoms with Gasteiger partial charge in [-0.05, 0) is 55.5 Å². The lowest BCUT2D eigenvalue weighted by Crippen LogP contribution is -2.05. The van der Waals surface area contributed by atoms with Crippen LogP contribution in [0, 0.1) is 0 Å². The van der Waals surface area contributed by atoms with Crippen molar-refractivity contribution in [3.63, 3.8) is 0 Å². The van der Waals surface area contributed by atoms with E-state index in [2.05, 4.69) is 4.99 Å². The van der Waals surface area contributed by atoms with Crippen molar-refractivity contribution in [3.05, 3.63) is 82.6 Å². The molecule has 0 unspecified atom stereocenters. The van der Waals surface area contributed by atoms with Crippen molar-refractivity contribution in [3.8, 4) is 0 Å². The largest absolute Gasteiger partial charge is 0.416 e. The molecule has 0 saturated carbocycles. The quantitative estimate of drug-likeness (QED) is 0.241. The fourth-order valence-corrected chi connectivity index (χ4v) is 2.87. The summed E-state index contributed by atoms with van der Waals surface area (Å²) >= 11 is 5.98. The van der Waals surface area contributed by atoms with E-state index < -0.39 is 11.7 Å². The van der Waals surface area contributed by atoms with E-state index in [0.29, 0.717) is 36.8 Å². The molecule has 2 rings (SSSR count). The maximum atomic E-state index is 12.7. The molecule has 0 aliphatic rings. The second-order valence-corrected chi connectivity index (χ2v) is 7.04. The normalized spacial score (nSPS) is 13.4. The average Bonchev–Trinajstić information content (AvgIpc) is 2.72. The van der Waals surface area contributed by atoms with Crippen molar-refractivity contribution in [2.75, 3.05) is 12.5 Å². The Morgan fingerprint density at radius 3 is 2.24 bits per heavy atom. The first kappa shape index (κ1) is 23.2. The van der Waals surface area contributed by atoms with E-state index in [4.69, 9.17) is 16.3 Å². The zero-order chi connectivity index (χ0) is 21.3. The van der Waals surface area contributed by atoms with Gasteiger partial charge in [0.1, 0.15) is 0 Å². The molecule has 0 spiro atoms. The van der Waals surface area contributed by atoms with Gasteiger partial charge in [0.25, 0.3) is 0 Å². The molecule has 0 aliphatic heterocycles. The zero-order valence-corrected chi connectivity index (χ0v) is 17.4. The number of allylic oxidation sites excluding steroid dienone is 2. The molecule has 0 atom stereocenters. The highest BCUT2D eigenvalue weighted by Gasteiger charge is 2.29. The van der Waals surface area contributed by atoms with Crippen LogP contribution in [-0.4, -0.2) is 18.2 Å². The number of alkyl halides is 4. The number of halogens is 4. The summed E-state index contributed by atoms with van der Waals surface area (Å²) in [7, 11) is 0. The minimum atomic E-state index is -4.34. The van der Waals surface area contributed by atoms with E-state index in [1.54, 1.807) is 6.92 Å². The lowest BCUT2D eigenvalue weighted by molar-refractivity contribution is -0.137. The van der Waals surface area contributed by atoms with Crippen molar-refractivity contribution < 1.29 is 17.9 Å². The van der Waals surface area contributed by atoms with Gasteiger partial charge in [-0.2, -0.15) is 13.2 Å². The van der Waals surface area contributed by atoms with E-state index in [9.17, 15) is 13.2 Å². The molecule has 6 heteroatoms. The Labute approximate surface area is 175 Å². The van der Waals surface area contributed by atoms with Gasteiger partial charge in [0.2, 0.25) is 0 Å². The molecular weight excluding hydrogens is 399 g/mol. The van der Waals surface area contributed by atoms with Crippen LogP contribution in [0.4, 0.5) is 13.2 Å². The van der Waals surface area contributed by atoms with Gasteiger partial charge in [-0.3, -0.25) is 4.99 Å². The third-order valence-corrected chi connectivity index (χ3v) is 4.84. The predicted molar refractivity (Wildman–Crippen MR) is 112 cm³/mol. The number of rotatable bonds is 9. The van der Waals surface area contributed by atoms with Gasteiger partial charge in [0.05, 0.1) is 12.2 Å². The molecule has 0 bridgehead atoms. The van der Waals surface area contributed by atoms with Crippen LogP contribution >= 0.6 is 11.6 Å². The van der Waals surface area contributed by atoms with Gasteiger partial charge >= 0.3 is 6.18 Å². The van der Waals surface area contributed by atoms with Crippen LogP contribution in [0.3, 0.4) is 0 Å². The molecule has 0 saturated heterocycles. The molecule has 0 aliphatic carbocycles. The minimum Gasteiger partial charge on any atom is -0.377 e. The lowest BCUT2D eigenvalue weighted by Gasteiger charge is -2.10. The van der Waals surface area contributed by atoms with Gasteiger partial charge in [-0.15, -0.1) is 11.6 Å². The molecule has 2 nitrogen and oxygen atoms in total. The van der Waals surface area contributed by atoms with E-state index in [0.717, 1.165) is 35.4 Å². The fourth-order valence-electron chi connectivity index (χ4n) is 2.72. The monoisotopic (exact) mass is 423 g/mol. The van der Waals surface area contributed by atoms with Crippen molar-refractivity contribution in [1.29, 1.82) is 0 Å². The highest BCUT2D eigenvalue weighted by Crippen LogP contribution is 2.29. The predicted octanol–water partition coefficient (Wildman–Crippen LogP) is 7.02. The number of ether oxygens (including phenoxy) is 1. The van der Waals surface area contributed by atoms with Crippen LogP contribution in [-0.2, 0) is 17.5 Å². The molecule has 0 radical (unpaired) electrons. The molecule has 2 aromatic carbocycles. The summed E-state index contributed by atoms with van der Waals surface area (Å²) in [6.45, 7) is 4.84. The molecule has 0 heterocycles. The molecule has 0 amide bonds. The van der Waals surface area contributed by atoms with Crippen molar-refractivity contribution >= 4 is 17.3 Å². The highest BCUT2D eigenvalue weighted by molar-refractivity contribution is 6.19. The van der Waals surface area contributed by atoms with Crippen LogP contribution in [0.5, 0.6) is 0 Å². The van der Waals surface area contributed by atoms with Crippen molar-refractivity contribution in [1.82, 2.24) is 0 Å². The smallest absolute Gasteiger partial charge is 0.377 e. The number of aliphatic imine (C=N–C) groups is 1. The van der Waals surface area contributed by atoms with Crippen molar-refractivity contribution in [2.45, 2.75) is 39.5 Å². The number of nitrogens with zero attached hydrogens (tertiary/aromatic N) is 1. The summed E-state index contributed by atoms with van der Waals surface area (Å²) in [4.78, 5) is 4.64. The van der Waals surface area contributed by atoms with Crippen LogP contribution < -0.4 is 0 Å². The molecule has 0 aromatic heterocycles. The maximum Gasteiger partial charge on any atom is 0.416 e. The average molecular weight is 424 g/mol. The zero-order valence-electron chi connectivity index (χ0n) is 16.6. The van der Waals surface area contributed by atoms with Crippen LogP contribution in [0.15, 0.2) is 70.9 Å². The van der Waals surface area contributed by atoms with Crippen LogP contribution in [0.2, 0.25) is 0 Å². The topological polar surface area (TPSA) is 21.6 Å². The van der Waals surface area contributed by atoms with Gasteiger partial charge < -0.3 is 4.74 Å². The molecule has 29 heavy (non-hydrogen) atoms. The Morgan fingerprint density at radius 2 is 1.66 bits per heavy atom. The SMILES string of the molecule is CC(=N/C(CCCOCc1ccccc1)=C(\C)CCl)c1ccc(C(F)(F)F)cc1. The molecule has 2 aromatic rings. The van der Waals surface area contributed by atoms with E-state index in [-0.39, 0.29) is 0 Å². The maximum absolute atomic E-state index is 12.7. The second kappa shape index (κ2) is 11.2. The molecular formula is C23H25ClF3NO. The van der Waals surface area contributed by atoms with Crippen LogP contribution in [0.25, 0.3) is 0 Å². The summed E-state index contributed by atoms with van der Waals surface area (Å²) in [6, 6.07) is 15.0. The second-order valence-electron chi connectivity index (χ2n) is 6.77. The van der Waals surface area contributed by atoms with Gasteiger partial charge in [0, 0.05) is 23.9 Å². The first-order valence-corrected chi connectivity index (χ1v) is 9.94. The Hall–Kier alpha value is -2.11. The fraction of sp³-hybridized carbons (Fsp3) is 0.348. The summed E-state index contributed by atoms with van der Waals surface area (Å²) in [6.07, 6.45) is -2.88. The molecule has 156 valence electrons. The van der Waals surface area contributed by atoms with E-state index in [1.807, 2.05) is 37.3 Å². The van der Waals surface area contributed by atoms with Crippen LogP contribution in [0.1, 0.15) is 43.4 Å². The Bertz CT molecular complexity index is 827.